The Labute approximate surface area is 102 Å². The Hall–Kier alpha value is -1.77. The van der Waals surface area contributed by atoms with Gasteiger partial charge in [-0.25, -0.2) is 0 Å². The molecule has 1 N–H and O–H groups in total. The summed E-state index contributed by atoms with van der Waals surface area (Å²) in [5.74, 6) is -0.567. The zero-order valence-electron chi connectivity index (χ0n) is 10.4. The first-order chi connectivity index (χ1) is 8.10. The predicted molar refractivity (Wildman–Crippen MR) is 67.3 cm³/mol. The predicted octanol–water partition coefficient (Wildman–Crippen LogP) is 3.08. The molecule has 3 nitrogen and oxygen atoms in total. The van der Waals surface area contributed by atoms with Gasteiger partial charge in [-0.05, 0) is 24.6 Å². The standard InChI is InChI=1S/C14H18O3/c1-4-5-13(10(2)14(15)16)11-6-8-12(17-3)9-7-11/h4-10,13H,1-3H3,(H,15,16)/b5-4+/t10?,13-/m0/s1. The summed E-state index contributed by atoms with van der Waals surface area (Å²) in [4.78, 5) is 11.1. The van der Waals surface area contributed by atoms with Crippen molar-refractivity contribution in [3.05, 3.63) is 42.0 Å². The normalized spacial score (nSPS) is 14.5. The van der Waals surface area contributed by atoms with Gasteiger partial charge in [0.25, 0.3) is 0 Å². The van der Waals surface area contributed by atoms with Crippen LogP contribution in [0.4, 0.5) is 0 Å². The van der Waals surface area contributed by atoms with Crippen molar-refractivity contribution in [3.63, 3.8) is 0 Å². The minimum absolute atomic E-state index is 0.108. The maximum absolute atomic E-state index is 11.1. The molecule has 0 aliphatic heterocycles. The van der Waals surface area contributed by atoms with Crippen molar-refractivity contribution < 1.29 is 14.6 Å². The Morgan fingerprint density at radius 1 is 1.35 bits per heavy atom. The molecular formula is C14H18O3. The summed E-state index contributed by atoms with van der Waals surface area (Å²) >= 11 is 0. The van der Waals surface area contributed by atoms with Gasteiger partial charge in [0.1, 0.15) is 5.75 Å². The van der Waals surface area contributed by atoms with Crippen molar-refractivity contribution in [1.82, 2.24) is 0 Å². The molecule has 1 unspecified atom stereocenters. The summed E-state index contributed by atoms with van der Waals surface area (Å²) in [6.07, 6.45) is 3.80. The van der Waals surface area contributed by atoms with Crippen LogP contribution >= 0.6 is 0 Å². The molecule has 0 bridgehead atoms. The lowest BCUT2D eigenvalue weighted by molar-refractivity contribution is -0.141. The fourth-order valence-electron chi connectivity index (χ4n) is 1.75. The fourth-order valence-corrected chi connectivity index (χ4v) is 1.75. The van der Waals surface area contributed by atoms with E-state index in [4.69, 9.17) is 9.84 Å². The third kappa shape index (κ3) is 3.34. The van der Waals surface area contributed by atoms with Gasteiger partial charge in [-0.1, -0.05) is 31.2 Å². The second-order valence-corrected chi connectivity index (χ2v) is 3.95. The van der Waals surface area contributed by atoms with Gasteiger partial charge < -0.3 is 9.84 Å². The van der Waals surface area contributed by atoms with E-state index < -0.39 is 11.9 Å². The molecule has 0 aliphatic rings. The topological polar surface area (TPSA) is 46.5 Å². The molecule has 0 radical (unpaired) electrons. The van der Waals surface area contributed by atoms with Crippen molar-refractivity contribution in [2.24, 2.45) is 5.92 Å². The van der Waals surface area contributed by atoms with Gasteiger partial charge in [0.2, 0.25) is 0 Å². The summed E-state index contributed by atoms with van der Waals surface area (Å²) in [5, 5.41) is 9.08. The van der Waals surface area contributed by atoms with Gasteiger partial charge in [-0.3, -0.25) is 4.79 Å². The number of methoxy groups -OCH3 is 1. The van der Waals surface area contributed by atoms with Gasteiger partial charge >= 0.3 is 5.97 Å². The quantitative estimate of drug-likeness (QED) is 0.796. The molecule has 1 rings (SSSR count). The number of hydrogen-bond acceptors (Lipinski definition) is 2. The van der Waals surface area contributed by atoms with Gasteiger partial charge in [0.05, 0.1) is 13.0 Å². The Balaban J connectivity index is 3.00. The first-order valence-corrected chi connectivity index (χ1v) is 5.59. The molecule has 2 atom stereocenters. The minimum Gasteiger partial charge on any atom is -0.497 e. The molecule has 1 aromatic carbocycles. The molecule has 0 saturated heterocycles. The number of hydrogen-bond donors (Lipinski definition) is 1. The Morgan fingerprint density at radius 3 is 2.35 bits per heavy atom. The molecule has 0 aliphatic carbocycles. The summed E-state index contributed by atoms with van der Waals surface area (Å²) in [7, 11) is 1.61. The number of aliphatic carboxylic acids is 1. The van der Waals surface area contributed by atoms with Crippen LogP contribution in [0.25, 0.3) is 0 Å². The van der Waals surface area contributed by atoms with Crippen molar-refractivity contribution in [3.8, 4) is 5.75 Å². The lowest BCUT2D eigenvalue weighted by Gasteiger charge is -2.18. The van der Waals surface area contributed by atoms with E-state index in [1.807, 2.05) is 43.3 Å². The van der Waals surface area contributed by atoms with Gasteiger partial charge in [-0.2, -0.15) is 0 Å². The molecule has 0 heterocycles. The van der Waals surface area contributed by atoms with Crippen molar-refractivity contribution in [2.75, 3.05) is 7.11 Å². The van der Waals surface area contributed by atoms with Crippen molar-refractivity contribution in [2.45, 2.75) is 19.8 Å². The number of allylic oxidation sites excluding steroid dienone is 2. The summed E-state index contributed by atoms with van der Waals surface area (Å²) in [6.45, 7) is 3.61. The smallest absolute Gasteiger partial charge is 0.307 e. The summed E-state index contributed by atoms with van der Waals surface area (Å²) in [5.41, 5.74) is 0.985. The van der Waals surface area contributed by atoms with Crippen molar-refractivity contribution >= 4 is 5.97 Å². The average molecular weight is 234 g/mol. The van der Waals surface area contributed by atoms with Crippen LogP contribution in [-0.2, 0) is 4.79 Å². The van der Waals surface area contributed by atoms with Crippen LogP contribution in [0.3, 0.4) is 0 Å². The van der Waals surface area contributed by atoms with Crippen LogP contribution < -0.4 is 4.74 Å². The molecule has 17 heavy (non-hydrogen) atoms. The highest BCUT2D eigenvalue weighted by molar-refractivity contribution is 5.71. The highest BCUT2D eigenvalue weighted by atomic mass is 16.5. The van der Waals surface area contributed by atoms with E-state index in [0.717, 1.165) is 11.3 Å². The first-order valence-electron chi connectivity index (χ1n) is 5.59. The average Bonchev–Trinajstić information content (AvgIpc) is 2.35. The molecule has 0 fully saturated rings. The lowest BCUT2D eigenvalue weighted by Crippen LogP contribution is -2.17. The largest absolute Gasteiger partial charge is 0.497 e. The van der Waals surface area contributed by atoms with E-state index in [-0.39, 0.29) is 5.92 Å². The van der Waals surface area contributed by atoms with Crippen LogP contribution in [-0.4, -0.2) is 18.2 Å². The molecule has 1 aromatic rings. The fraction of sp³-hybridized carbons (Fsp3) is 0.357. The van der Waals surface area contributed by atoms with Crippen LogP contribution in [0.1, 0.15) is 25.3 Å². The summed E-state index contributed by atoms with van der Waals surface area (Å²) < 4.78 is 5.08. The van der Waals surface area contributed by atoms with Crippen molar-refractivity contribution in [1.29, 1.82) is 0 Å². The second kappa shape index (κ2) is 6.09. The molecule has 0 spiro atoms. The zero-order valence-corrected chi connectivity index (χ0v) is 10.4. The number of carboxylic acids is 1. The Bertz CT molecular complexity index is 392. The zero-order chi connectivity index (χ0) is 12.8. The first kappa shape index (κ1) is 13.3. The van der Waals surface area contributed by atoms with E-state index >= 15 is 0 Å². The van der Waals surface area contributed by atoms with Gasteiger partial charge in [-0.15, -0.1) is 0 Å². The SMILES string of the molecule is C/C=C/[C@H](c1ccc(OC)cc1)C(C)C(=O)O. The Morgan fingerprint density at radius 2 is 1.94 bits per heavy atom. The lowest BCUT2D eigenvalue weighted by atomic mass is 9.87. The van der Waals surface area contributed by atoms with E-state index in [9.17, 15) is 4.79 Å². The molecule has 0 saturated carbocycles. The van der Waals surface area contributed by atoms with Gasteiger partial charge in [0.15, 0.2) is 0 Å². The third-order valence-electron chi connectivity index (χ3n) is 2.83. The van der Waals surface area contributed by atoms with Crippen LogP contribution in [0.2, 0.25) is 0 Å². The van der Waals surface area contributed by atoms with Gasteiger partial charge in [0, 0.05) is 5.92 Å². The molecule has 3 heteroatoms. The number of benzene rings is 1. The monoisotopic (exact) mass is 234 g/mol. The molecule has 92 valence electrons. The van der Waals surface area contributed by atoms with E-state index in [2.05, 4.69) is 0 Å². The number of rotatable bonds is 5. The Kier molecular flexibility index (Phi) is 4.76. The molecule has 0 aromatic heterocycles. The van der Waals surface area contributed by atoms with E-state index in [1.54, 1.807) is 14.0 Å². The maximum Gasteiger partial charge on any atom is 0.307 e. The van der Waals surface area contributed by atoms with Crippen LogP contribution in [0.15, 0.2) is 36.4 Å². The highest BCUT2D eigenvalue weighted by Gasteiger charge is 2.22. The number of ether oxygens (including phenoxy) is 1. The maximum atomic E-state index is 11.1. The van der Waals surface area contributed by atoms with E-state index in [0.29, 0.717) is 0 Å². The minimum atomic E-state index is -0.788. The molecular weight excluding hydrogens is 216 g/mol. The highest BCUT2D eigenvalue weighted by Crippen LogP contribution is 2.27. The second-order valence-electron chi connectivity index (χ2n) is 3.95. The van der Waals surface area contributed by atoms with E-state index in [1.165, 1.54) is 0 Å². The molecule has 0 amide bonds. The third-order valence-corrected chi connectivity index (χ3v) is 2.83. The van der Waals surface area contributed by atoms with Crippen LogP contribution in [0, 0.1) is 5.92 Å². The number of carbonyl (C=O) groups is 1. The summed E-state index contributed by atoms with van der Waals surface area (Å²) in [6, 6.07) is 7.51. The number of carboxylic acid groups (broad SMARTS) is 1. The van der Waals surface area contributed by atoms with Crippen LogP contribution in [0.5, 0.6) is 5.75 Å².